The number of nitrogens with zero attached hydrogens (tertiary/aromatic N) is 2. The van der Waals surface area contributed by atoms with Gasteiger partial charge in [-0.25, -0.2) is 9.78 Å². The van der Waals surface area contributed by atoms with Crippen LogP contribution in [0.3, 0.4) is 0 Å². The van der Waals surface area contributed by atoms with E-state index in [1.54, 1.807) is 6.07 Å². The van der Waals surface area contributed by atoms with Crippen LogP contribution in [0, 0.1) is 0 Å². The van der Waals surface area contributed by atoms with Crippen LogP contribution in [0.1, 0.15) is 29.3 Å². The van der Waals surface area contributed by atoms with Crippen molar-refractivity contribution in [2.24, 2.45) is 0 Å². The van der Waals surface area contributed by atoms with Crippen LogP contribution in [-0.4, -0.2) is 31.5 Å². The third kappa shape index (κ3) is 4.89. The van der Waals surface area contributed by atoms with Gasteiger partial charge in [0.1, 0.15) is 11.4 Å². The van der Waals surface area contributed by atoms with Gasteiger partial charge in [0.2, 0.25) is 0 Å². The molecule has 0 saturated carbocycles. The average molecular weight is 497 g/mol. The zero-order valence-electron chi connectivity index (χ0n) is 19.6. The smallest absolute Gasteiger partial charge is 0.344 e. The van der Waals surface area contributed by atoms with Gasteiger partial charge in [0, 0.05) is 28.5 Å². The van der Waals surface area contributed by atoms with Crippen LogP contribution >= 0.6 is 11.5 Å². The molecule has 2 aromatic heterocycles. The van der Waals surface area contributed by atoms with Crippen molar-refractivity contribution in [1.82, 2.24) is 14.3 Å². The molecule has 0 amide bonds. The maximum absolute atomic E-state index is 11.9. The first-order valence-corrected chi connectivity index (χ1v) is 12.5. The maximum Gasteiger partial charge on any atom is 0.344 e. The molecule has 7 nitrogen and oxygen atoms in total. The molecule has 3 N–H and O–H groups in total. The lowest BCUT2D eigenvalue weighted by Gasteiger charge is -2.20. The minimum absolute atomic E-state index is 0.00924. The lowest BCUT2D eigenvalue weighted by atomic mass is 9.96. The Kier molecular flexibility index (Phi) is 6.60. The molecule has 0 aliphatic rings. The summed E-state index contributed by atoms with van der Waals surface area (Å²) in [6.45, 7) is 2.07. The van der Waals surface area contributed by atoms with Crippen molar-refractivity contribution >= 4 is 34.2 Å². The summed E-state index contributed by atoms with van der Waals surface area (Å²) in [5.74, 6) is -0.0528. The van der Waals surface area contributed by atoms with Gasteiger partial charge in [0.25, 0.3) is 0 Å². The molecule has 1 unspecified atom stereocenters. The standard InChI is InChI=1S/C28H24N4O3S/c1-2-20(29-25-23(27(33)34)16-19-7-3-6-10-24(19)30-25)15-17-11-13-18(14-12-17)21-8-4-5-9-22(21)26-31-28(35)36-32-26/h3-14,16,20H,2,15H2,1H3,(H,29,30)(H,33,34)(H,31,32,35). The quantitative estimate of drug-likeness (QED) is 0.249. The van der Waals surface area contributed by atoms with E-state index in [1.807, 2.05) is 48.5 Å². The number of pyridine rings is 1. The minimum Gasteiger partial charge on any atom is -0.478 e. The summed E-state index contributed by atoms with van der Waals surface area (Å²) in [4.78, 5) is 31.9. The molecule has 0 spiro atoms. The second-order valence-corrected chi connectivity index (χ2v) is 9.27. The van der Waals surface area contributed by atoms with Crippen LogP contribution in [0.2, 0.25) is 0 Å². The fraction of sp³-hybridized carbons (Fsp3) is 0.143. The van der Waals surface area contributed by atoms with Crippen molar-refractivity contribution in [3.05, 3.63) is 99.7 Å². The van der Waals surface area contributed by atoms with E-state index in [1.165, 1.54) is 0 Å². The van der Waals surface area contributed by atoms with E-state index >= 15 is 0 Å². The van der Waals surface area contributed by atoms with Gasteiger partial charge in [-0.05, 0) is 41.7 Å². The van der Waals surface area contributed by atoms with E-state index in [0.717, 1.165) is 51.1 Å². The molecule has 2 heterocycles. The molecule has 0 bridgehead atoms. The van der Waals surface area contributed by atoms with Crippen LogP contribution in [-0.2, 0) is 6.42 Å². The number of carboxylic acid groups (broad SMARTS) is 1. The number of benzene rings is 3. The summed E-state index contributed by atoms with van der Waals surface area (Å²) in [6.07, 6.45) is 1.51. The van der Waals surface area contributed by atoms with Gasteiger partial charge >= 0.3 is 10.8 Å². The molecule has 0 aliphatic carbocycles. The number of hydrogen-bond acceptors (Lipinski definition) is 6. The van der Waals surface area contributed by atoms with Crippen LogP contribution in [0.25, 0.3) is 33.4 Å². The Hall–Kier alpha value is -4.30. The summed E-state index contributed by atoms with van der Waals surface area (Å²) in [7, 11) is 0. The Balaban J connectivity index is 1.38. The van der Waals surface area contributed by atoms with Crippen LogP contribution in [0.5, 0.6) is 0 Å². The highest BCUT2D eigenvalue weighted by molar-refractivity contribution is 7.03. The average Bonchev–Trinajstić information content (AvgIpc) is 3.34. The second kappa shape index (κ2) is 10.1. The van der Waals surface area contributed by atoms with E-state index < -0.39 is 5.97 Å². The Bertz CT molecular complexity index is 1590. The molecular formula is C28H24N4O3S. The first-order chi connectivity index (χ1) is 17.5. The molecule has 0 fully saturated rings. The first-order valence-electron chi connectivity index (χ1n) is 11.7. The van der Waals surface area contributed by atoms with Gasteiger partial charge in [-0.1, -0.05) is 73.7 Å². The first kappa shape index (κ1) is 23.4. The number of H-pyrrole nitrogens is 1. The number of hydrogen-bond donors (Lipinski definition) is 3. The maximum atomic E-state index is 11.9. The Morgan fingerprint density at radius 1 is 1.00 bits per heavy atom. The zero-order valence-corrected chi connectivity index (χ0v) is 20.4. The highest BCUT2D eigenvalue weighted by Crippen LogP contribution is 2.30. The summed E-state index contributed by atoms with van der Waals surface area (Å²) in [5.41, 5.74) is 4.93. The lowest BCUT2D eigenvalue weighted by Crippen LogP contribution is -2.23. The van der Waals surface area contributed by atoms with Gasteiger partial charge in [-0.3, -0.25) is 9.17 Å². The van der Waals surface area contributed by atoms with E-state index in [-0.39, 0.29) is 16.5 Å². The molecule has 3 aromatic carbocycles. The second-order valence-electron chi connectivity index (χ2n) is 8.51. The van der Waals surface area contributed by atoms with Crippen molar-refractivity contribution < 1.29 is 9.90 Å². The zero-order chi connectivity index (χ0) is 25.1. The molecular weight excluding hydrogens is 472 g/mol. The Labute approximate surface area is 211 Å². The number of rotatable bonds is 8. The summed E-state index contributed by atoms with van der Waals surface area (Å²) < 4.78 is 2.99. The molecule has 36 heavy (non-hydrogen) atoms. The normalized spacial score (nSPS) is 11.9. The largest absolute Gasteiger partial charge is 0.478 e. The number of para-hydroxylation sites is 1. The van der Waals surface area contributed by atoms with Crippen molar-refractivity contribution in [3.63, 3.8) is 0 Å². The number of anilines is 1. The molecule has 1 atom stereocenters. The number of aromatic amines is 1. The number of carbonyl (C=O) groups is 1. The molecule has 8 heteroatoms. The molecule has 5 rings (SSSR count). The van der Waals surface area contributed by atoms with Gasteiger partial charge in [0.15, 0.2) is 5.82 Å². The van der Waals surface area contributed by atoms with Crippen molar-refractivity contribution in [2.75, 3.05) is 5.32 Å². The van der Waals surface area contributed by atoms with Crippen molar-refractivity contribution in [2.45, 2.75) is 25.8 Å². The molecule has 0 aliphatic heterocycles. The molecule has 5 aromatic rings. The van der Waals surface area contributed by atoms with E-state index in [9.17, 15) is 14.7 Å². The summed E-state index contributed by atoms with van der Waals surface area (Å²) in [6, 6.07) is 25.3. The van der Waals surface area contributed by atoms with Gasteiger partial charge in [0.05, 0.1) is 5.52 Å². The van der Waals surface area contributed by atoms with E-state index in [4.69, 9.17) is 0 Å². The fourth-order valence-corrected chi connectivity index (χ4v) is 4.75. The number of carboxylic acids is 1. The SMILES string of the molecule is CCC(Cc1ccc(-c2ccccc2-c2nc(=O)s[nH]2)cc1)Nc1nc2ccccc2cc1C(=O)O. The molecule has 180 valence electrons. The number of aromatic nitrogens is 3. The third-order valence-electron chi connectivity index (χ3n) is 6.16. The van der Waals surface area contributed by atoms with Crippen LogP contribution in [0.4, 0.5) is 5.82 Å². The summed E-state index contributed by atoms with van der Waals surface area (Å²) in [5, 5.41) is 13.9. The van der Waals surface area contributed by atoms with Gasteiger partial charge < -0.3 is 10.4 Å². The van der Waals surface area contributed by atoms with Gasteiger partial charge in [-0.15, -0.1) is 0 Å². The predicted molar refractivity (Wildman–Crippen MR) is 144 cm³/mol. The number of aromatic carboxylic acids is 1. The van der Waals surface area contributed by atoms with E-state index in [0.29, 0.717) is 18.1 Å². The van der Waals surface area contributed by atoms with E-state index in [2.05, 4.69) is 50.8 Å². The number of fused-ring (bicyclic) bond motifs is 1. The molecule has 0 radical (unpaired) electrons. The lowest BCUT2D eigenvalue weighted by molar-refractivity contribution is 0.0697. The fourth-order valence-electron chi connectivity index (χ4n) is 4.27. The minimum atomic E-state index is -1.00. The van der Waals surface area contributed by atoms with Gasteiger partial charge in [-0.2, -0.15) is 4.98 Å². The summed E-state index contributed by atoms with van der Waals surface area (Å²) >= 11 is 0.978. The number of nitrogens with one attached hydrogen (secondary N) is 2. The highest BCUT2D eigenvalue weighted by atomic mass is 32.1. The van der Waals surface area contributed by atoms with Crippen LogP contribution in [0.15, 0.2) is 83.7 Å². The predicted octanol–water partition coefficient (Wildman–Crippen LogP) is 5.85. The topological polar surface area (TPSA) is 108 Å². The van der Waals surface area contributed by atoms with Crippen LogP contribution < -0.4 is 10.2 Å². The highest BCUT2D eigenvalue weighted by Gasteiger charge is 2.17. The van der Waals surface area contributed by atoms with Crippen molar-refractivity contribution in [1.29, 1.82) is 0 Å². The van der Waals surface area contributed by atoms with Crippen molar-refractivity contribution in [3.8, 4) is 22.5 Å². The Morgan fingerprint density at radius 3 is 2.42 bits per heavy atom. The molecule has 0 saturated heterocycles. The third-order valence-corrected chi connectivity index (χ3v) is 6.72. The monoisotopic (exact) mass is 496 g/mol. The Morgan fingerprint density at radius 2 is 1.72 bits per heavy atom.